The van der Waals surface area contributed by atoms with E-state index in [0.717, 1.165) is 5.92 Å². The van der Waals surface area contributed by atoms with Crippen LogP contribution in [0.2, 0.25) is 10.6 Å². The van der Waals surface area contributed by atoms with Gasteiger partial charge in [0.1, 0.15) is 7.28 Å². The molecule has 0 aromatic heterocycles. The Bertz CT molecular complexity index is 166. The van der Waals surface area contributed by atoms with Crippen molar-refractivity contribution in [2.24, 2.45) is 5.92 Å². The van der Waals surface area contributed by atoms with Crippen LogP contribution in [0.5, 0.6) is 0 Å². The number of rotatable bonds is 1. The van der Waals surface area contributed by atoms with E-state index in [1.54, 1.807) is 0 Å². The summed E-state index contributed by atoms with van der Waals surface area (Å²) in [6, 6.07) is 0. The Hall–Kier alpha value is 0.0649. The largest absolute Gasteiger partial charge is 0.126 e. The fourth-order valence-electron chi connectivity index (χ4n) is 3.22. The van der Waals surface area contributed by atoms with Crippen LogP contribution in [0.1, 0.15) is 46.5 Å². The second-order valence-corrected chi connectivity index (χ2v) is 5.22. The fraction of sp³-hybridized carbons (Fsp3) is 1.00. The first kappa shape index (κ1) is 7.70. The van der Waals surface area contributed by atoms with Crippen molar-refractivity contribution in [1.82, 2.24) is 0 Å². The third-order valence-electron chi connectivity index (χ3n) is 3.91. The zero-order valence-corrected chi connectivity index (χ0v) is 7.98. The molecule has 0 amide bonds. The Morgan fingerprint density at radius 2 is 1.91 bits per heavy atom. The molecule has 1 aliphatic carbocycles. The van der Waals surface area contributed by atoms with Crippen molar-refractivity contribution in [3.05, 3.63) is 0 Å². The highest BCUT2D eigenvalue weighted by Crippen LogP contribution is 2.69. The molecule has 2 aliphatic heterocycles. The van der Waals surface area contributed by atoms with Crippen LogP contribution >= 0.6 is 0 Å². The maximum absolute atomic E-state index is 2.65. The van der Waals surface area contributed by atoms with Gasteiger partial charge < -0.3 is 0 Å². The van der Waals surface area contributed by atoms with E-state index in [-0.39, 0.29) is 0 Å². The summed E-state index contributed by atoms with van der Waals surface area (Å²) in [5.74, 6) is 0.871. The predicted molar refractivity (Wildman–Crippen MR) is 50.1 cm³/mol. The molecule has 2 atom stereocenters. The number of fused-ring (bicyclic) bond motifs is 2. The van der Waals surface area contributed by atoms with E-state index >= 15 is 0 Å². The van der Waals surface area contributed by atoms with Gasteiger partial charge in [-0.2, -0.15) is 0 Å². The lowest BCUT2D eigenvalue weighted by molar-refractivity contribution is 0.190. The maximum atomic E-state index is 2.65. The van der Waals surface area contributed by atoms with Gasteiger partial charge in [-0.3, -0.25) is 0 Å². The summed E-state index contributed by atoms with van der Waals surface area (Å²) in [7, 11) is 2.65. The minimum atomic E-state index is 0.641. The molecule has 3 aliphatic rings. The lowest BCUT2D eigenvalue weighted by Gasteiger charge is -2.61. The normalized spacial score (nSPS) is 48.4. The van der Waals surface area contributed by atoms with Gasteiger partial charge in [-0.25, -0.2) is 0 Å². The Kier molecular flexibility index (Phi) is 1.44. The molecular formula is C10H18B. The average molecular weight is 149 g/mol. The molecule has 3 fully saturated rings. The summed E-state index contributed by atoms with van der Waals surface area (Å²) in [4.78, 5) is 0. The standard InChI is InChI=1S/C10H18B/c1-8(2)10-6-4-5-9(3,7-10)11-10/h8H,4-7H2,1-3H3. The van der Waals surface area contributed by atoms with Gasteiger partial charge in [0.15, 0.2) is 0 Å². The quantitative estimate of drug-likeness (QED) is 0.502. The minimum Gasteiger partial charge on any atom is -0.0669 e. The molecule has 2 unspecified atom stereocenters. The molecule has 0 N–H and O–H groups in total. The molecule has 0 aromatic rings. The van der Waals surface area contributed by atoms with E-state index in [4.69, 9.17) is 0 Å². The summed E-state index contributed by atoms with van der Waals surface area (Å²) < 4.78 is 0. The van der Waals surface area contributed by atoms with Gasteiger partial charge in [0.05, 0.1) is 0 Å². The molecule has 0 nitrogen and oxygen atoms in total. The van der Waals surface area contributed by atoms with Crippen molar-refractivity contribution >= 4 is 7.28 Å². The molecule has 3 rings (SSSR count). The van der Waals surface area contributed by atoms with Crippen LogP contribution in [0, 0.1) is 5.92 Å². The molecule has 2 heterocycles. The van der Waals surface area contributed by atoms with Crippen LogP contribution in [0.4, 0.5) is 0 Å². The fourth-order valence-corrected chi connectivity index (χ4v) is 3.22. The highest BCUT2D eigenvalue weighted by Gasteiger charge is 2.55. The van der Waals surface area contributed by atoms with Gasteiger partial charge in [-0.15, -0.1) is 0 Å². The molecule has 0 aromatic carbocycles. The van der Waals surface area contributed by atoms with Crippen molar-refractivity contribution in [2.45, 2.75) is 57.1 Å². The molecule has 0 spiro atoms. The smallest absolute Gasteiger partial charge is 0.0669 e. The Balaban J connectivity index is 2.10. The monoisotopic (exact) mass is 149 g/mol. The third kappa shape index (κ3) is 0.964. The minimum absolute atomic E-state index is 0.641. The summed E-state index contributed by atoms with van der Waals surface area (Å²) in [6.07, 6.45) is 5.84. The van der Waals surface area contributed by atoms with Gasteiger partial charge in [-0.05, 0) is 5.92 Å². The van der Waals surface area contributed by atoms with Gasteiger partial charge in [0.2, 0.25) is 0 Å². The van der Waals surface area contributed by atoms with E-state index in [1.807, 2.05) is 0 Å². The first-order valence-corrected chi connectivity index (χ1v) is 4.93. The lowest BCUT2D eigenvalue weighted by Crippen LogP contribution is -2.50. The molecule has 1 heteroatoms. The van der Waals surface area contributed by atoms with Crippen molar-refractivity contribution in [2.75, 3.05) is 0 Å². The summed E-state index contributed by atoms with van der Waals surface area (Å²) in [5.41, 5.74) is 0. The summed E-state index contributed by atoms with van der Waals surface area (Å²) >= 11 is 0. The van der Waals surface area contributed by atoms with E-state index in [2.05, 4.69) is 28.1 Å². The van der Waals surface area contributed by atoms with Crippen molar-refractivity contribution in [1.29, 1.82) is 0 Å². The predicted octanol–water partition coefficient (Wildman–Crippen LogP) is 3.27. The molecule has 61 valence electrons. The van der Waals surface area contributed by atoms with Gasteiger partial charge in [0.25, 0.3) is 0 Å². The van der Waals surface area contributed by atoms with Crippen LogP contribution in [-0.2, 0) is 0 Å². The van der Waals surface area contributed by atoms with E-state index < -0.39 is 0 Å². The Labute approximate surface area is 71.0 Å². The highest BCUT2D eigenvalue weighted by molar-refractivity contribution is 6.49. The second-order valence-electron chi connectivity index (χ2n) is 5.22. The SMILES string of the molecule is CC(C)C12[B]C(C)(CCC1)C2. The first-order chi connectivity index (χ1) is 5.06. The first-order valence-electron chi connectivity index (χ1n) is 4.93. The highest BCUT2D eigenvalue weighted by atomic mass is 14.5. The van der Waals surface area contributed by atoms with E-state index in [9.17, 15) is 0 Å². The van der Waals surface area contributed by atoms with Crippen LogP contribution in [-0.4, -0.2) is 7.28 Å². The van der Waals surface area contributed by atoms with E-state index in [1.165, 1.54) is 25.7 Å². The summed E-state index contributed by atoms with van der Waals surface area (Å²) in [5, 5.41) is 1.30. The molecule has 11 heavy (non-hydrogen) atoms. The van der Waals surface area contributed by atoms with Gasteiger partial charge in [0, 0.05) is 0 Å². The van der Waals surface area contributed by atoms with Crippen LogP contribution in [0.3, 0.4) is 0 Å². The Morgan fingerprint density at radius 1 is 1.27 bits per heavy atom. The maximum Gasteiger partial charge on any atom is 0.126 e. The lowest BCUT2D eigenvalue weighted by atomic mass is 9.19. The topological polar surface area (TPSA) is 0 Å². The van der Waals surface area contributed by atoms with Crippen LogP contribution in [0.15, 0.2) is 0 Å². The molecule has 2 bridgehead atoms. The van der Waals surface area contributed by atoms with Crippen molar-refractivity contribution in [3.8, 4) is 0 Å². The average Bonchev–Trinajstić information content (AvgIpc) is 1.85. The number of hydrogen-bond acceptors (Lipinski definition) is 0. The van der Waals surface area contributed by atoms with Crippen LogP contribution in [0.25, 0.3) is 0 Å². The zero-order chi connectivity index (χ0) is 8.11. The van der Waals surface area contributed by atoms with Gasteiger partial charge >= 0.3 is 0 Å². The van der Waals surface area contributed by atoms with Crippen molar-refractivity contribution in [3.63, 3.8) is 0 Å². The number of hydrogen-bond donors (Lipinski definition) is 0. The molecule has 1 saturated carbocycles. The Morgan fingerprint density at radius 3 is 2.27 bits per heavy atom. The van der Waals surface area contributed by atoms with Crippen molar-refractivity contribution < 1.29 is 0 Å². The third-order valence-corrected chi connectivity index (χ3v) is 3.91. The zero-order valence-electron chi connectivity index (χ0n) is 7.98. The molecular weight excluding hydrogens is 131 g/mol. The van der Waals surface area contributed by atoms with Gasteiger partial charge in [-0.1, -0.05) is 57.1 Å². The summed E-state index contributed by atoms with van der Waals surface area (Å²) in [6.45, 7) is 7.18. The molecule has 1 radical (unpaired) electrons. The second kappa shape index (κ2) is 2.05. The van der Waals surface area contributed by atoms with Crippen LogP contribution < -0.4 is 0 Å². The molecule has 2 saturated heterocycles. The van der Waals surface area contributed by atoms with E-state index in [0.29, 0.717) is 10.6 Å².